The van der Waals surface area contributed by atoms with Crippen LogP contribution in [0.4, 0.5) is 0 Å². The summed E-state index contributed by atoms with van der Waals surface area (Å²) in [5, 5.41) is 9.46. The second kappa shape index (κ2) is 9.27. The normalized spacial score (nSPS) is 10.6. The molecule has 1 N–H and O–H groups in total. The van der Waals surface area contributed by atoms with Crippen LogP contribution >= 0.6 is 0 Å². The zero-order valence-corrected chi connectivity index (χ0v) is 14.5. The molecule has 0 amide bonds. The number of aryl methyl sites for hydroxylation is 2. The summed E-state index contributed by atoms with van der Waals surface area (Å²) in [6.07, 6.45) is 0.774. The monoisotopic (exact) mass is 348 g/mol. The molecule has 0 aliphatic rings. The fraction of sp³-hybridized carbons (Fsp3) is 0.278. The Bertz CT molecular complexity index is 777. The molecule has 25 heavy (non-hydrogen) atoms. The summed E-state index contributed by atoms with van der Waals surface area (Å²) in [6, 6.07) is 6.59. The van der Waals surface area contributed by atoms with Gasteiger partial charge in [0.1, 0.15) is 11.5 Å². The maximum absolute atomic E-state index is 11.2. The molecule has 2 aromatic heterocycles. The zero-order chi connectivity index (χ0) is 19.0. The van der Waals surface area contributed by atoms with Crippen molar-refractivity contribution in [2.45, 2.75) is 27.7 Å². The van der Waals surface area contributed by atoms with Crippen LogP contribution in [-0.4, -0.2) is 29.2 Å². The highest BCUT2D eigenvalue weighted by Crippen LogP contribution is 2.14. The van der Waals surface area contributed by atoms with E-state index in [1.54, 1.807) is 32.0 Å². The fourth-order valence-electron chi connectivity index (χ4n) is 1.65. The molecule has 0 aliphatic heterocycles. The van der Waals surface area contributed by atoms with Crippen LogP contribution < -0.4 is 0 Å². The number of ketones is 2. The molecule has 2 heterocycles. The standard InChI is InChI=1S/C11H12O5.C7H8O2/c1-3-15-11(14)9(13)6-8(12)10-5-4-7(2)16-10;1-5-3-4-7(9-5)6(2)8/h4-6,12H,3H2,1-2H3;3-4H,1-2H3. The average molecular weight is 348 g/mol. The fourth-order valence-corrected chi connectivity index (χ4v) is 1.65. The number of esters is 1. The first-order valence-electron chi connectivity index (χ1n) is 7.50. The van der Waals surface area contributed by atoms with Crippen LogP contribution in [0.5, 0.6) is 0 Å². The van der Waals surface area contributed by atoms with Gasteiger partial charge in [-0.3, -0.25) is 9.59 Å². The van der Waals surface area contributed by atoms with Crippen molar-refractivity contribution in [2.75, 3.05) is 6.61 Å². The van der Waals surface area contributed by atoms with Gasteiger partial charge in [-0.1, -0.05) is 0 Å². The summed E-state index contributed by atoms with van der Waals surface area (Å²) < 4.78 is 14.5. The van der Waals surface area contributed by atoms with Gasteiger partial charge in [0, 0.05) is 13.0 Å². The first kappa shape index (κ1) is 20.0. The van der Waals surface area contributed by atoms with Crippen molar-refractivity contribution in [1.29, 1.82) is 0 Å². The van der Waals surface area contributed by atoms with Crippen LogP contribution in [0.3, 0.4) is 0 Å². The van der Waals surface area contributed by atoms with Crippen LogP contribution in [0.2, 0.25) is 0 Å². The Morgan fingerprint density at radius 1 is 1.04 bits per heavy atom. The summed E-state index contributed by atoms with van der Waals surface area (Å²) >= 11 is 0. The Morgan fingerprint density at radius 3 is 1.92 bits per heavy atom. The topological polar surface area (TPSA) is 107 Å². The summed E-state index contributed by atoms with van der Waals surface area (Å²) in [7, 11) is 0. The Balaban J connectivity index is 0.000000293. The lowest BCUT2D eigenvalue weighted by Crippen LogP contribution is -2.15. The molecule has 0 aliphatic carbocycles. The quantitative estimate of drug-likeness (QED) is 0.290. The number of carbonyl (C=O) groups is 3. The van der Waals surface area contributed by atoms with Crippen molar-refractivity contribution >= 4 is 23.3 Å². The number of hydrogen-bond acceptors (Lipinski definition) is 7. The van der Waals surface area contributed by atoms with Crippen LogP contribution in [0, 0.1) is 13.8 Å². The SMILES string of the molecule is CC(=O)c1ccc(C)o1.CCOC(=O)C(=O)C=C(O)c1ccc(C)o1. The lowest BCUT2D eigenvalue weighted by Gasteiger charge is -1.97. The van der Waals surface area contributed by atoms with E-state index in [2.05, 4.69) is 4.74 Å². The second-order valence-corrected chi connectivity index (χ2v) is 4.99. The third kappa shape index (κ3) is 6.50. The molecule has 0 saturated carbocycles. The van der Waals surface area contributed by atoms with Gasteiger partial charge < -0.3 is 18.7 Å². The van der Waals surface area contributed by atoms with Crippen LogP contribution in [0.25, 0.3) is 5.76 Å². The molecule has 0 fully saturated rings. The Labute approximate surface area is 144 Å². The van der Waals surface area contributed by atoms with Gasteiger partial charge in [0.2, 0.25) is 0 Å². The highest BCUT2D eigenvalue weighted by Gasteiger charge is 2.14. The molecule has 0 radical (unpaired) electrons. The van der Waals surface area contributed by atoms with Gasteiger partial charge in [-0.15, -0.1) is 0 Å². The minimum atomic E-state index is -1.00. The van der Waals surface area contributed by atoms with E-state index in [4.69, 9.17) is 8.83 Å². The molecule has 134 valence electrons. The first-order valence-corrected chi connectivity index (χ1v) is 7.50. The third-order valence-electron chi connectivity index (χ3n) is 2.82. The first-order chi connectivity index (χ1) is 11.7. The Morgan fingerprint density at radius 2 is 1.56 bits per heavy atom. The summed E-state index contributed by atoms with van der Waals surface area (Å²) in [6.45, 7) is 6.69. The number of aliphatic hydroxyl groups excluding tert-OH is 1. The van der Waals surface area contributed by atoms with E-state index in [1.807, 2.05) is 6.92 Å². The number of aliphatic hydroxyl groups is 1. The number of ether oxygens (including phenoxy) is 1. The maximum Gasteiger partial charge on any atom is 0.379 e. The highest BCUT2D eigenvalue weighted by molar-refractivity contribution is 6.39. The largest absolute Gasteiger partial charge is 0.504 e. The lowest BCUT2D eigenvalue weighted by molar-refractivity contribution is -0.151. The zero-order valence-electron chi connectivity index (χ0n) is 14.5. The third-order valence-corrected chi connectivity index (χ3v) is 2.82. The number of Topliss-reactive ketones (excluding diaryl/α,β-unsaturated/α-hetero) is 1. The Kier molecular flexibility index (Phi) is 7.40. The van der Waals surface area contributed by atoms with E-state index >= 15 is 0 Å². The average Bonchev–Trinajstić information content (AvgIpc) is 3.16. The second-order valence-electron chi connectivity index (χ2n) is 4.99. The molecule has 0 spiro atoms. The molecule has 0 bridgehead atoms. The van der Waals surface area contributed by atoms with Crippen molar-refractivity contribution < 1.29 is 33.1 Å². The van der Waals surface area contributed by atoms with E-state index < -0.39 is 17.5 Å². The van der Waals surface area contributed by atoms with Gasteiger partial charge >= 0.3 is 5.97 Å². The summed E-state index contributed by atoms with van der Waals surface area (Å²) in [4.78, 5) is 32.7. The number of carbonyl (C=O) groups excluding carboxylic acids is 3. The van der Waals surface area contributed by atoms with Crippen molar-refractivity contribution in [3.63, 3.8) is 0 Å². The molecule has 0 aromatic carbocycles. The predicted molar refractivity (Wildman–Crippen MR) is 89.1 cm³/mol. The number of rotatable bonds is 5. The van der Waals surface area contributed by atoms with Gasteiger partial charge in [0.15, 0.2) is 23.1 Å². The maximum atomic E-state index is 11.2. The summed E-state index contributed by atoms with van der Waals surface area (Å²) in [5.74, 6) is -0.402. The molecule has 7 nitrogen and oxygen atoms in total. The molecule has 7 heteroatoms. The van der Waals surface area contributed by atoms with Gasteiger partial charge in [-0.25, -0.2) is 4.79 Å². The van der Waals surface area contributed by atoms with E-state index in [0.717, 1.165) is 11.8 Å². The smallest absolute Gasteiger partial charge is 0.379 e. The van der Waals surface area contributed by atoms with E-state index in [0.29, 0.717) is 11.5 Å². The molecular formula is C18H20O7. The van der Waals surface area contributed by atoms with Gasteiger partial charge in [-0.05, 0) is 45.0 Å². The van der Waals surface area contributed by atoms with E-state index in [9.17, 15) is 19.5 Å². The molecule has 0 atom stereocenters. The van der Waals surface area contributed by atoms with Crippen molar-refractivity contribution in [3.8, 4) is 0 Å². The molecular weight excluding hydrogens is 328 g/mol. The van der Waals surface area contributed by atoms with Gasteiger partial charge in [-0.2, -0.15) is 0 Å². The summed E-state index contributed by atoms with van der Waals surface area (Å²) in [5.41, 5.74) is 0. The minimum Gasteiger partial charge on any atom is -0.504 e. The predicted octanol–water partition coefficient (Wildman–Crippen LogP) is 3.41. The van der Waals surface area contributed by atoms with Crippen molar-refractivity contribution in [1.82, 2.24) is 0 Å². The van der Waals surface area contributed by atoms with Gasteiger partial charge in [0.05, 0.1) is 6.61 Å². The van der Waals surface area contributed by atoms with E-state index in [-0.39, 0.29) is 18.2 Å². The van der Waals surface area contributed by atoms with Crippen LogP contribution in [-0.2, 0) is 14.3 Å². The molecule has 2 rings (SSSR count). The lowest BCUT2D eigenvalue weighted by atomic mass is 10.3. The van der Waals surface area contributed by atoms with Crippen LogP contribution in [0.1, 0.15) is 41.7 Å². The van der Waals surface area contributed by atoms with Crippen molar-refractivity contribution in [2.24, 2.45) is 0 Å². The minimum absolute atomic E-state index is 0.0249. The van der Waals surface area contributed by atoms with E-state index in [1.165, 1.54) is 13.0 Å². The van der Waals surface area contributed by atoms with Crippen molar-refractivity contribution in [3.05, 3.63) is 53.4 Å². The highest BCUT2D eigenvalue weighted by atomic mass is 16.5. The number of furan rings is 2. The number of hydrogen-bond donors (Lipinski definition) is 1. The molecule has 0 unspecified atom stereocenters. The van der Waals surface area contributed by atoms with Crippen LogP contribution in [0.15, 0.2) is 39.2 Å². The molecule has 0 saturated heterocycles. The Hall–Kier alpha value is -3.09. The van der Waals surface area contributed by atoms with Gasteiger partial charge in [0.25, 0.3) is 5.78 Å². The molecule has 2 aromatic rings.